The third-order valence-corrected chi connectivity index (χ3v) is 16.5. The molecule has 0 radical (unpaired) electrons. The molecule has 0 bridgehead atoms. The predicted molar refractivity (Wildman–Crippen MR) is 343 cm³/mol. The number of pyridine rings is 1. The molecule has 0 aliphatic rings. The normalized spacial score (nSPS) is 12.0. The average Bonchev–Trinajstić information content (AvgIpc) is 1.79. The van der Waals surface area contributed by atoms with Gasteiger partial charge in [0.1, 0.15) is 5.58 Å². The fraction of sp³-hybridized carbons (Fsp3) is 0.171. The minimum absolute atomic E-state index is 0. The smallest absolute Gasteiger partial charge is 0.501 e. The van der Waals surface area contributed by atoms with Crippen LogP contribution in [0.25, 0.3) is 122 Å². The van der Waals surface area contributed by atoms with Crippen molar-refractivity contribution >= 4 is 65.7 Å². The van der Waals surface area contributed by atoms with Gasteiger partial charge in [0.05, 0.1) is 44.8 Å². The number of hydrogen-bond acceptors (Lipinski definition) is 5. The van der Waals surface area contributed by atoms with Gasteiger partial charge in [-0.25, -0.2) is 0 Å². The predicted octanol–water partition coefficient (Wildman–Crippen LogP) is 20.8. The van der Waals surface area contributed by atoms with E-state index in [1.807, 2.05) is 19.1 Å². The summed E-state index contributed by atoms with van der Waals surface area (Å²) >= 11 is 0. The van der Waals surface area contributed by atoms with E-state index in [2.05, 4.69) is 259 Å². The Labute approximate surface area is 504 Å². The van der Waals surface area contributed by atoms with Gasteiger partial charge in [0.2, 0.25) is 0 Å². The molecular weight excluding hydrogens is 1210 g/mol. The first-order chi connectivity index (χ1) is 40.3. The monoisotopic (exact) mass is 1270 g/mol. The van der Waals surface area contributed by atoms with Gasteiger partial charge in [0.25, 0.3) is 0 Å². The number of fused-ring (bicyclic) bond motifs is 8. The van der Waals surface area contributed by atoms with Crippen LogP contribution in [-0.4, -0.2) is 24.1 Å². The maximum Gasteiger partial charge on any atom is 2.00 e. The number of aryl methyl sites for hydroxylation is 1. The Balaban J connectivity index is 0.00000658. The minimum atomic E-state index is 0. The third kappa shape index (κ3) is 9.40. The molecule has 0 saturated carbocycles. The maximum atomic E-state index is 7.18. The van der Waals surface area contributed by atoms with Crippen LogP contribution in [0.5, 0.6) is 11.5 Å². The average molecular weight is 1270 g/mol. The van der Waals surface area contributed by atoms with Gasteiger partial charge < -0.3 is 18.3 Å². The van der Waals surface area contributed by atoms with Crippen LogP contribution in [0, 0.1) is 19.1 Å². The third-order valence-electron chi connectivity index (χ3n) is 16.5. The first-order valence-corrected chi connectivity index (χ1v) is 29.1. The second kappa shape index (κ2) is 21.7. The molecule has 414 valence electrons. The molecule has 0 aliphatic heterocycles. The molecule has 0 amide bonds. The first kappa shape index (κ1) is 54.4. The van der Waals surface area contributed by atoms with Crippen molar-refractivity contribution in [3.8, 4) is 67.9 Å². The summed E-state index contributed by atoms with van der Waals surface area (Å²) in [6, 6.07) is 76.4. The number of rotatable bonds is 12. The molecule has 0 fully saturated rings. The van der Waals surface area contributed by atoms with Crippen molar-refractivity contribution in [1.29, 1.82) is 0 Å². The van der Waals surface area contributed by atoms with Crippen LogP contribution in [0.3, 0.4) is 0 Å². The van der Waals surface area contributed by atoms with Crippen LogP contribution in [0.2, 0.25) is 0 Å². The molecule has 4 heterocycles. The number of imidazole rings is 2. The molecule has 0 saturated heterocycles. The van der Waals surface area contributed by atoms with Crippen molar-refractivity contribution in [1.82, 2.24) is 24.1 Å². The zero-order chi connectivity index (χ0) is 56.8. The number of nitrogens with zero attached hydrogens (tertiary/aromatic N) is 5. The molecule has 10 aromatic carbocycles. The Morgan fingerprint density at radius 2 is 0.940 bits per heavy atom. The second-order valence-electron chi connectivity index (χ2n) is 23.4. The number of aromatic nitrogens is 5. The SMILES string of the molecule is Cc1ccc2ccc3cc4oc5c(-c6nc7ccccc7n6-c6c(C(C)C)cc(-c7ccccc7)cc6C(C)C)[c-]c(Oc6[c-]c(-c7nc8ccccc8n7-c7c(C(C)C)cc(-c8ccccc8)cc7C(C)C)ccc6)cc5c4cc3c2n1.[Pt+2]. The summed E-state index contributed by atoms with van der Waals surface area (Å²) in [5.74, 6) is 3.27. The maximum absolute atomic E-state index is 7.18. The van der Waals surface area contributed by atoms with Crippen molar-refractivity contribution < 1.29 is 30.2 Å². The van der Waals surface area contributed by atoms with Crippen molar-refractivity contribution in [3.05, 3.63) is 234 Å². The van der Waals surface area contributed by atoms with Crippen LogP contribution in [0.4, 0.5) is 0 Å². The number of benzene rings is 10. The molecule has 0 spiro atoms. The van der Waals surface area contributed by atoms with Crippen LogP contribution in [0.15, 0.2) is 199 Å². The number of para-hydroxylation sites is 4. The minimum Gasteiger partial charge on any atom is -0.501 e. The molecule has 4 aromatic heterocycles. The van der Waals surface area contributed by atoms with Gasteiger partial charge in [-0.15, -0.1) is 23.8 Å². The van der Waals surface area contributed by atoms with Crippen molar-refractivity contribution in [2.75, 3.05) is 0 Å². The fourth-order valence-corrected chi connectivity index (χ4v) is 12.3. The molecule has 0 unspecified atom stereocenters. The van der Waals surface area contributed by atoms with Gasteiger partial charge in [0.15, 0.2) is 0 Å². The summed E-state index contributed by atoms with van der Waals surface area (Å²) in [5.41, 5.74) is 20.6. The summed E-state index contributed by atoms with van der Waals surface area (Å²) in [4.78, 5) is 16.1. The fourth-order valence-electron chi connectivity index (χ4n) is 12.3. The summed E-state index contributed by atoms with van der Waals surface area (Å²) in [7, 11) is 0. The van der Waals surface area contributed by atoms with E-state index in [9.17, 15) is 0 Å². The molecule has 14 rings (SSSR count). The van der Waals surface area contributed by atoms with Crippen molar-refractivity contribution in [2.45, 2.75) is 86.0 Å². The molecule has 0 aliphatic carbocycles. The summed E-state index contributed by atoms with van der Waals surface area (Å²) < 4.78 is 19.1. The number of ether oxygens (including phenoxy) is 1. The molecular formula is C76H63N5O2Pt. The van der Waals surface area contributed by atoms with Crippen LogP contribution in [-0.2, 0) is 21.1 Å². The van der Waals surface area contributed by atoms with E-state index in [1.165, 1.54) is 44.5 Å². The molecule has 7 nitrogen and oxygen atoms in total. The Hall–Kier alpha value is -8.90. The van der Waals surface area contributed by atoms with Gasteiger partial charge in [0, 0.05) is 44.7 Å². The van der Waals surface area contributed by atoms with E-state index >= 15 is 0 Å². The van der Waals surface area contributed by atoms with E-state index in [1.54, 1.807) is 0 Å². The van der Waals surface area contributed by atoms with Crippen LogP contribution >= 0.6 is 0 Å². The number of hydrogen-bond donors (Lipinski definition) is 0. The zero-order valence-corrected chi connectivity index (χ0v) is 50.9. The van der Waals surface area contributed by atoms with Gasteiger partial charge in [-0.2, -0.15) is 0 Å². The second-order valence-corrected chi connectivity index (χ2v) is 23.4. The molecule has 0 atom stereocenters. The Kier molecular flexibility index (Phi) is 14.0. The molecule has 14 aromatic rings. The molecule has 8 heteroatoms. The van der Waals surface area contributed by atoms with Crippen LogP contribution in [0.1, 0.15) is 107 Å². The summed E-state index contributed by atoms with van der Waals surface area (Å²) in [6.45, 7) is 20.3. The zero-order valence-electron chi connectivity index (χ0n) is 48.7. The van der Waals surface area contributed by atoms with Gasteiger partial charge in [-0.1, -0.05) is 188 Å². The van der Waals surface area contributed by atoms with Gasteiger partial charge in [-0.05, 0) is 147 Å². The topological polar surface area (TPSA) is 70.9 Å². The quantitative estimate of drug-likeness (QED) is 0.0900. The van der Waals surface area contributed by atoms with E-state index < -0.39 is 0 Å². The number of furan rings is 1. The largest absolute Gasteiger partial charge is 2.00 e. The van der Waals surface area contributed by atoms with Crippen molar-refractivity contribution in [2.24, 2.45) is 0 Å². The Bertz CT molecular complexity index is 4800. The summed E-state index contributed by atoms with van der Waals surface area (Å²) in [6.07, 6.45) is 0. The first-order valence-electron chi connectivity index (χ1n) is 29.1. The molecule has 0 N–H and O–H groups in total. The molecule has 84 heavy (non-hydrogen) atoms. The Morgan fingerprint density at radius 3 is 1.51 bits per heavy atom. The van der Waals surface area contributed by atoms with Gasteiger partial charge in [-0.3, -0.25) is 15.0 Å². The van der Waals surface area contributed by atoms with E-state index in [-0.39, 0.29) is 44.7 Å². The van der Waals surface area contributed by atoms with Crippen LogP contribution < -0.4 is 4.74 Å². The van der Waals surface area contributed by atoms with E-state index in [4.69, 9.17) is 24.1 Å². The van der Waals surface area contributed by atoms with Gasteiger partial charge >= 0.3 is 21.1 Å². The Morgan fingerprint density at radius 1 is 0.429 bits per heavy atom. The van der Waals surface area contributed by atoms with E-state index in [0.29, 0.717) is 28.5 Å². The van der Waals surface area contributed by atoms with Crippen molar-refractivity contribution in [3.63, 3.8) is 0 Å². The standard InChI is InChI=1S/C76H63N5O2.Pt/c1-44(2)58-36-54(49-21-12-10-13-22-49)37-59(45(3)4)72(58)80-68-29-18-16-27-66(68)78-75(80)53-25-20-26-56(35-53)82-57-41-64-63-43-62-52(34-33-51-32-31-48(9)77-71(51)62)40-70(63)83-74(64)65(42-57)76-79-67-28-17-19-30-69(67)81(76)73-60(46(5)6)38-55(39-61(73)47(7)8)50-23-14-11-15-24-50;/h10-34,36-41,43-47H,1-9H3;/q-2;+2. The summed E-state index contributed by atoms with van der Waals surface area (Å²) in [5, 5.41) is 4.99. The van der Waals surface area contributed by atoms with E-state index in [0.717, 1.165) is 88.6 Å².